The van der Waals surface area contributed by atoms with Gasteiger partial charge in [0.2, 0.25) is 0 Å². The minimum Gasteiger partial charge on any atom is -0.318 e. The number of non-ortho nitro benzene ring substituents is 1. The zero-order valence-corrected chi connectivity index (χ0v) is 16.4. The summed E-state index contributed by atoms with van der Waals surface area (Å²) in [5, 5.41) is 20.4. The van der Waals surface area contributed by atoms with Gasteiger partial charge in [-0.25, -0.2) is 0 Å². The van der Waals surface area contributed by atoms with Crippen LogP contribution < -0.4 is 0 Å². The van der Waals surface area contributed by atoms with Crippen molar-refractivity contribution in [3.63, 3.8) is 0 Å². The van der Waals surface area contributed by atoms with E-state index in [0.717, 1.165) is 27.1 Å². The number of nitro groups is 1. The van der Waals surface area contributed by atoms with Crippen molar-refractivity contribution in [2.45, 2.75) is 13.8 Å². The van der Waals surface area contributed by atoms with Crippen LogP contribution in [0.3, 0.4) is 0 Å². The molecule has 0 fully saturated rings. The fraction of sp³-hybridized carbons (Fsp3) is 0.0952. The topological polar surface area (TPSA) is 71.9 Å². The zero-order chi connectivity index (χ0) is 19.6. The number of benzene rings is 2. The Bertz CT molecular complexity index is 1090. The summed E-state index contributed by atoms with van der Waals surface area (Å²) in [6.45, 7) is 4.02. The van der Waals surface area contributed by atoms with Crippen molar-refractivity contribution in [3.05, 3.63) is 91.7 Å². The van der Waals surface area contributed by atoms with Gasteiger partial charge in [-0.15, -0.1) is 0 Å². The third kappa shape index (κ3) is 3.83. The van der Waals surface area contributed by atoms with Gasteiger partial charge < -0.3 is 4.57 Å². The van der Waals surface area contributed by atoms with Crippen molar-refractivity contribution in [2.24, 2.45) is 0 Å². The van der Waals surface area contributed by atoms with Gasteiger partial charge in [0, 0.05) is 33.7 Å². The van der Waals surface area contributed by atoms with Gasteiger partial charge in [-0.05, 0) is 67.4 Å². The third-order valence-corrected chi connectivity index (χ3v) is 4.84. The van der Waals surface area contributed by atoms with Crippen molar-refractivity contribution in [3.8, 4) is 11.8 Å². The Balaban J connectivity index is 2.04. The van der Waals surface area contributed by atoms with Gasteiger partial charge in [-0.2, -0.15) is 5.26 Å². The Morgan fingerprint density at radius 2 is 1.89 bits per heavy atom. The van der Waals surface area contributed by atoms with Crippen LogP contribution in [0.5, 0.6) is 0 Å². The van der Waals surface area contributed by atoms with Crippen molar-refractivity contribution in [1.82, 2.24) is 4.57 Å². The summed E-state index contributed by atoms with van der Waals surface area (Å²) >= 11 is 3.50. The van der Waals surface area contributed by atoms with Crippen molar-refractivity contribution in [2.75, 3.05) is 0 Å². The summed E-state index contributed by atoms with van der Waals surface area (Å²) in [5.74, 6) is 0. The van der Waals surface area contributed by atoms with Crippen LogP contribution in [0.15, 0.2) is 59.1 Å². The number of nitrogens with zero attached hydrogens (tertiary/aromatic N) is 3. The number of halogens is 1. The highest BCUT2D eigenvalue weighted by atomic mass is 79.9. The van der Waals surface area contributed by atoms with Gasteiger partial charge in [0.15, 0.2) is 0 Å². The third-order valence-electron chi connectivity index (χ3n) is 4.35. The second kappa shape index (κ2) is 7.60. The van der Waals surface area contributed by atoms with Crippen LogP contribution >= 0.6 is 15.9 Å². The normalized spacial score (nSPS) is 11.3. The number of hydrogen-bond acceptors (Lipinski definition) is 3. The summed E-state index contributed by atoms with van der Waals surface area (Å²) in [6, 6.07) is 18.2. The number of nitriles is 1. The van der Waals surface area contributed by atoms with E-state index in [2.05, 4.69) is 26.6 Å². The van der Waals surface area contributed by atoms with Gasteiger partial charge in [-0.1, -0.05) is 22.0 Å². The van der Waals surface area contributed by atoms with Crippen molar-refractivity contribution in [1.29, 1.82) is 5.26 Å². The molecule has 27 heavy (non-hydrogen) atoms. The Hall–Kier alpha value is -3.17. The number of hydrogen-bond donors (Lipinski definition) is 0. The molecule has 2 aromatic carbocycles. The van der Waals surface area contributed by atoms with Crippen LogP contribution in [0, 0.1) is 35.3 Å². The zero-order valence-electron chi connectivity index (χ0n) is 14.8. The van der Waals surface area contributed by atoms with Gasteiger partial charge in [-0.3, -0.25) is 10.1 Å². The van der Waals surface area contributed by atoms with Crippen LogP contribution in [-0.4, -0.2) is 9.49 Å². The predicted molar refractivity (Wildman–Crippen MR) is 110 cm³/mol. The summed E-state index contributed by atoms with van der Waals surface area (Å²) in [5.41, 5.74) is 5.15. The van der Waals surface area contributed by atoms with Crippen LogP contribution in [0.1, 0.15) is 22.5 Å². The summed E-state index contributed by atoms with van der Waals surface area (Å²) < 4.78 is 3.12. The van der Waals surface area contributed by atoms with E-state index in [0.29, 0.717) is 11.1 Å². The number of rotatable bonds is 4. The number of aryl methyl sites for hydroxylation is 1. The Labute approximate surface area is 165 Å². The smallest absolute Gasteiger partial charge is 0.269 e. The van der Waals surface area contributed by atoms with Crippen LogP contribution in [0.2, 0.25) is 0 Å². The van der Waals surface area contributed by atoms with E-state index in [1.165, 1.54) is 12.1 Å². The first kappa shape index (κ1) is 18.6. The highest BCUT2D eigenvalue weighted by molar-refractivity contribution is 9.10. The maximum absolute atomic E-state index is 10.8. The first-order valence-electron chi connectivity index (χ1n) is 8.22. The van der Waals surface area contributed by atoms with E-state index in [4.69, 9.17) is 0 Å². The lowest BCUT2D eigenvalue weighted by Crippen LogP contribution is -1.98. The highest BCUT2D eigenvalue weighted by Gasteiger charge is 2.12. The molecule has 0 aliphatic rings. The number of aromatic nitrogens is 1. The van der Waals surface area contributed by atoms with Crippen LogP contribution in [0.25, 0.3) is 17.3 Å². The van der Waals surface area contributed by atoms with Gasteiger partial charge >= 0.3 is 0 Å². The van der Waals surface area contributed by atoms with Crippen molar-refractivity contribution < 1.29 is 4.92 Å². The van der Waals surface area contributed by atoms with Crippen molar-refractivity contribution >= 4 is 33.3 Å². The molecule has 0 N–H and O–H groups in total. The molecule has 6 heteroatoms. The second-order valence-corrected chi connectivity index (χ2v) is 7.03. The van der Waals surface area contributed by atoms with Gasteiger partial charge in [0.1, 0.15) is 0 Å². The summed E-state index contributed by atoms with van der Waals surface area (Å²) in [6.07, 6.45) is 1.82. The molecule has 0 aliphatic carbocycles. The van der Waals surface area contributed by atoms with E-state index in [1.807, 2.05) is 50.3 Å². The maximum atomic E-state index is 10.8. The molecule has 0 saturated heterocycles. The fourth-order valence-corrected chi connectivity index (χ4v) is 3.43. The fourth-order valence-electron chi connectivity index (χ4n) is 3.04. The molecule has 3 aromatic rings. The summed E-state index contributed by atoms with van der Waals surface area (Å²) in [4.78, 5) is 10.4. The molecule has 134 valence electrons. The minimum absolute atomic E-state index is 0.00359. The lowest BCUT2D eigenvalue weighted by atomic mass is 10.0. The molecular weight excluding hydrogens is 406 g/mol. The standard InChI is InChI=1S/C21H16BrN3O2/c1-14-10-17(15(2)24(14)21-5-3-4-19(22)12-21)11-18(13-23)16-6-8-20(9-7-16)25(26)27/h3-12H,1-2H3/b18-11-. The molecule has 0 amide bonds. The predicted octanol–water partition coefficient (Wildman–Crippen LogP) is 5.83. The maximum Gasteiger partial charge on any atom is 0.269 e. The first-order chi connectivity index (χ1) is 12.9. The van der Waals surface area contributed by atoms with E-state index >= 15 is 0 Å². The molecule has 1 heterocycles. The van der Waals surface area contributed by atoms with E-state index < -0.39 is 4.92 Å². The second-order valence-electron chi connectivity index (χ2n) is 6.12. The molecule has 1 aromatic heterocycles. The average molecular weight is 422 g/mol. The molecule has 0 unspecified atom stereocenters. The van der Waals surface area contributed by atoms with Gasteiger partial charge in [0.05, 0.1) is 16.6 Å². The molecule has 3 rings (SSSR count). The SMILES string of the molecule is Cc1cc(/C=C(/C#N)c2ccc([N+](=O)[O-])cc2)c(C)n1-c1cccc(Br)c1. The Kier molecular flexibility index (Phi) is 5.24. The lowest BCUT2D eigenvalue weighted by Gasteiger charge is -2.10. The number of nitro benzene ring substituents is 1. The molecule has 0 aliphatic heterocycles. The molecule has 0 spiro atoms. The largest absolute Gasteiger partial charge is 0.318 e. The van der Waals surface area contributed by atoms with E-state index in [-0.39, 0.29) is 5.69 Å². The summed E-state index contributed by atoms with van der Waals surface area (Å²) in [7, 11) is 0. The average Bonchev–Trinajstić information content (AvgIpc) is 2.93. The van der Waals surface area contributed by atoms with Gasteiger partial charge in [0.25, 0.3) is 5.69 Å². The molecule has 5 nitrogen and oxygen atoms in total. The van der Waals surface area contributed by atoms with E-state index in [9.17, 15) is 15.4 Å². The molecule has 0 saturated carbocycles. The van der Waals surface area contributed by atoms with Crippen LogP contribution in [0.4, 0.5) is 5.69 Å². The quantitative estimate of drug-likeness (QED) is 0.302. The van der Waals surface area contributed by atoms with Crippen LogP contribution in [-0.2, 0) is 0 Å². The minimum atomic E-state index is -0.453. The molecular formula is C21H16BrN3O2. The monoisotopic (exact) mass is 421 g/mol. The molecule has 0 bridgehead atoms. The highest BCUT2D eigenvalue weighted by Crippen LogP contribution is 2.27. The molecule has 0 atom stereocenters. The number of allylic oxidation sites excluding steroid dienone is 1. The first-order valence-corrected chi connectivity index (χ1v) is 9.01. The Morgan fingerprint density at radius 3 is 2.48 bits per heavy atom. The Morgan fingerprint density at radius 1 is 1.19 bits per heavy atom. The van der Waals surface area contributed by atoms with E-state index in [1.54, 1.807) is 12.1 Å². The molecule has 0 radical (unpaired) electrons. The lowest BCUT2D eigenvalue weighted by molar-refractivity contribution is -0.384.